The van der Waals surface area contributed by atoms with Crippen LogP contribution in [0.1, 0.15) is 19.4 Å². The maximum Gasteiger partial charge on any atom is 0.216 e. The lowest BCUT2D eigenvalue weighted by Crippen LogP contribution is -2.13. The van der Waals surface area contributed by atoms with E-state index in [0.29, 0.717) is 12.5 Å². The Morgan fingerprint density at radius 1 is 1.44 bits per heavy atom. The van der Waals surface area contributed by atoms with Crippen LogP contribution in [0, 0.1) is 5.92 Å². The highest BCUT2D eigenvalue weighted by Gasteiger charge is 2.22. The molecule has 1 unspecified atom stereocenters. The van der Waals surface area contributed by atoms with Crippen molar-refractivity contribution in [3.63, 3.8) is 0 Å². The highest BCUT2D eigenvalue weighted by molar-refractivity contribution is 5.95. The highest BCUT2D eigenvalue weighted by atomic mass is 16.5. The fourth-order valence-electron chi connectivity index (χ4n) is 1.64. The number of benzene rings is 1. The Hall–Kier alpha value is -1.51. The number of hydrogen-bond acceptors (Lipinski definition) is 3. The van der Waals surface area contributed by atoms with Gasteiger partial charge in [0.05, 0.1) is 13.2 Å². The van der Waals surface area contributed by atoms with E-state index in [4.69, 9.17) is 9.47 Å². The molecule has 1 heterocycles. The quantitative estimate of drug-likeness (QED) is 0.782. The molecule has 0 N–H and O–H groups in total. The lowest BCUT2D eigenvalue weighted by atomic mass is 10.1. The van der Waals surface area contributed by atoms with Crippen LogP contribution in [-0.2, 0) is 4.74 Å². The molecular weight excluding hydrogens is 202 g/mol. The van der Waals surface area contributed by atoms with E-state index in [0.717, 1.165) is 17.2 Å². The Labute approximate surface area is 96.1 Å². The molecule has 2 rings (SSSR count). The summed E-state index contributed by atoms with van der Waals surface area (Å²) in [6.07, 6.45) is 0. The number of aliphatic imine (C=N–C) groups is 1. The number of rotatable bonds is 3. The normalized spacial score (nSPS) is 19.5. The van der Waals surface area contributed by atoms with E-state index in [1.165, 1.54) is 0 Å². The molecule has 1 aliphatic rings. The Balaban J connectivity index is 2.21. The molecule has 1 aromatic carbocycles. The Morgan fingerprint density at radius 3 is 2.88 bits per heavy atom. The second-order valence-corrected chi connectivity index (χ2v) is 4.29. The average molecular weight is 219 g/mol. The molecule has 0 aromatic heterocycles. The van der Waals surface area contributed by atoms with Crippen LogP contribution in [0.4, 0.5) is 0 Å². The molecule has 3 nitrogen and oxygen atoms in total. The van der Waals surface area contributed by atoms with Crippen molar-refractivity contribution in [1.29, 1.82) is 0 Å². The minimum Gasteiger partial charge on any atom is -0.497 e. The van der Waals surface area contributed by atoms with Crippen molar-refractivity contribution < 1.29 is 9.47 Å². The zero-order chi connectivity index (χ0) is 11.5. The minimum absolute atomic E-state index is 0.279. The molecule has 0 spiro atoms. The first-order chi connectivity index (χ1) is 7.70. The summed E-state index contributed by atoms with van der Waals surface area (Å²) in [5.74, 6) is 2.08. The van der Waals surface area contributed by atoms with E-state index in [-0.39, 0.29) is 6.04 Å². The van der Waals surface area contributed by atoms with Crippen molar-refractivity contribution in [1.82, 2.24) is 0 Å². The summed E-state index contributed by atoms with van der Waals surface area (Å²) in [6.45, 7) is 5.00. The SMILES string of the molecule is COc1cccc(C2=NC(C(C)C)CO2)c1. The van der Waals surface area contributed by atoms with Gasteiger partial charge in [0.2, 0.25) is 5.90 Å². The standard InChI is InChI=1S/C13H17NO2/c1-9(2)12-8-16-13(14-12)10-5-4-6-11(7-10)15-3/h4-7,9,12H,8H2,1-3H3. The Bertz CT molecular complexity index is 399. The highest BCUT2D eigenvalue weighted by Crippen LogP contribution is 2.20. The van der Waals surface area contributed by atoms with E-state index < -0.39 is 0 Å². The van der Waals surface area contributed by atoms with E-state index in [1.807, 2.05) is 24.3 Å². The number of methoxy groups -OCH3 is 1. The van der Waals surface area contributed by atoms with Gasteiger partial charge in [0, 0.05) is 5.56 Å². The van der Waals surface area contributed by atoms with Crippen molar-refractivity contribution in [2.75, 3.05) is 13.7 Å². The van der Waals surface area contributed by atoms with Gasteiger partial charge >= 0.3 is 0 Å². The van der Waals surface area contributed by atoms with Gasteiger partial charge in [-0.05, 0) is 24.1 Å². The molecule has 86 valence electrons. The monoisotopic (exact) mass is 219 g/mol. The third-order valence-corrected chi connectivity index (χ3v) is 2.76. The smallest absolute Gasteiger partial charge is 0.216 e. The second-order valence-electron chi connectivity index (χ2n) is 4.29. The van der Waals surface area contributed by atoms with Gasteiger partial charge in [0.1, 0.15) is 12.4 Å². The molecule has 0 bridgehead atoms. The summed E-state index contributed by atoms with van der Waals surface area (Å²) >= 11 is 0. The Kier molecular flexibility index (Phi) is 3.13. The number of nitrogens with zero attached hydrogens (tertiary/aromatic N) is 1. The molecule has 16 heavy (non-hydrogen) atoms. The first kappa shape index (κ1) is 11.0. The van der Waals surface area contributed by atoms with E-state index in [9.17, 15) is 0 Å². The first-order valence-corrected chi connectivity index (χ1v) is 5.55. The summed E-state index contributed by atoms with van der Waals surface area (Å²) in [4.78, 5) is 4.57. The largest absolute Gasteiger partial charge is 0.497 e. The zero-order valence-electron chi connectivity index (χ0n) is 9.93. The van der Waals surface area contributed by atoms with Gasteiger partial charge in [0.25, 0.3) is 0 Å². The van der Waals surface area contributed by atoms with Crippen molar-refractivity contribution in [2.45, 2.75) is 19.9 Å². The molecule has 1 aromatic rings. The number of ether oxygens (including phenoxy) is 2. The van der Waals surface area contributed by atoms with Crippen LogP contribution in [0.2, 0.25) is 0 Å². The van der Waals surface area contributed by atoms with Crippen molar-refractivity contribution >= 4 is 5.90 Å². The second kappa shape index (κ2) is 4.56. The van der Waals surface area contributed by atoms with Crippen LogP contribution in [0.5, 0.6) is 5.75 Å². The molecule has 1 aliphatic heterocycles. The van der Waals surface area contributed by atoms with Crippen molar-refractivity contribution in [2.24, 2.45) is 10.9 Å². The molecular formula is C13H17NO2. The first-order valence-electron chi connectivity index (χ1n) is 5.55. The fourth-order valence-corrected chi connectivity index (χ4v) is 1.64. The topological polar surface area (TPSA) is 30.8 Å². The Morgan fingerprint density at radius 2 is 2.25 bits per heavy atom. The molecule has 0 aliphatic carbocycles. The van der Waals surface area contributed by atoms with Gasteiger partial charge in [-0.3, -0.25) is 0 Å². The molecule has 0 saturated carbocycles. The van der Waals surface area contributed by atoms with Crippen molar-refractivity contribution in [3.8, 4) is 5.75 Å². The van der Waals surface area contributed by atoms with Crippen LogP contribution >= 0.6 is 0 Å². The van der Waals surface area contributed by atoms with Gasteiger partial charge in [-0.2, -0.15) is 0 Å². The van der Waals surface area contributed by atoms with E-state index >= 15 is 0 Å². The third kappa shape index (κ3) is 2.18. The minimum atomic E-state index is 0.279. The molecule has 1 atom stereocenters. The fraction of sp³-hybridized carbons (Fsp3) is 0.462. The van der Waals surface area contributed by atoms with Crippen LogP contribution in [-0.4, -0.2) is 25.7 Å². The number of hydrogen-bond donors (Lipinski definition) is 0. The predicted molar refractivity (Wildman–Crippen MR) is 64.1 cm³/mol. The van der Waals surface area contributed by atoms with Crippen LogP contribution in [0.15, 0.2) is 29.3 Å². The summed E-state index contributed by atoms with van der Waals surface area (Å²) < 4.78 is 10.8. The van der Waals surface area contributed by atoms with Crippen LogP contribution in [0.25, 0.3) is 0 Å². The van der Waals surface area contributed by atoms with Gasteiger partial charge in [-0.15, -0.1) is 0 Å². The van der Waals surface area contributed by atoms with Crippen molar-refractivity contribution in [3.05, 3.63) is 29.8 Å². The van der Waals surface area contributed by atoms with Gasteiger partial charge in [-0.25, -0.2) is 4.99 Å². The van der Waals surface area contributed by atoms with Gasteiger partial charge < -0.3 is 9.47 Å². The summed E-state index contributed by atoms with van der Waals surface area (Å²) in [6, 6.07) is 8.08. The van der Waals surface area contributed by atoms with E-state index in [1.54, 1.807) is 7.11 Å². The molecule has 0 saturated heterocycles. The van der Waals surface area contributed by atoms with Gasteiger partial charge in [0.15, 0.2) is 0 Å². The molecule has 3 heteroatoms. The lowest BCUT2D eigenvalue weighted by molar-refractivity contribution is 0.291. The molecule has 0 fully saturated rings. The molecule has 0 amide bonds. The van der Waals surface area contributed by atoms with Crippen LogP contribution < -0.4 is 4.74 Å². The summed E-state index contributed by atoms with van der Waals surface area (Å²) in [5.41, 5.74) is 0.988. The maximum absolute atomic E-state index is 5.61. The third-order valence-electron chi connectivity index (χ3n) is 2.76. The lowest BCUT2D eigenvalue weighted by Gasteiger charge is -2.06. The summed E-state index contributed by atoms with van der Waals surface area (Å²) in [7, 11) is 1.66. The zero-order valence-corrected chi connectivity index (χ0v) is 9.93. The van der Waals surface area contributed by atoms with Crippen LogP contribution in [0.3, 0.4) is 0 Å². The van der Waals surface area contributed by atoms with Gasteiger partial charge in [-0.1, -0.05) is 19.9 Å². The molecule has 0 radical (unpaired) electrons. The van der Waals surface area contributed by atoms with E-state index in [2.05, 4.69) is 18.8 Å². The maximum atomic E-state index is 5.61. The summed E-state index contributed by atoms with van der Waals surface area (Å²) in [5, 5.41) is 0. The predicted octanol–water partition coefficient (Wildman–Crippen LogP) is 2.50. The average Bonchev–Trinajstić information content (AvgIpc) is 2.78.